The van der Waals surface area contributed by atoms with Crippen LogP contribution in [0.1, 0.15) is 57.6 Å². The van der Waals surface area contributed by atoms with Gasteiger partial charge in [-0.1, -0.05) is 38.3 Å². The molecule has 0 aliphatic heterocycles. The molecule has 1 aliphatic carbocycles. The molecular weight excluding hydrogens is 262 g/mol. The number of nitrogens with two attached hydrogens (primary N) is 1. The summed E-state index contributed by atoms with van der Waals surface area (Å²) in [4.78, 5) is 0. The highest BCUT2D eigenvalue weighted by Gasteiger charge is 2.24. The van der Waals surface area contributed by atoms with E-state index in [2.05, 4.69) is 6.92 Å². The number of ether oxygens (including phenoxy) is 2. The largest absolute Gasteiger partial charge is 0.494 e. The normalized spacial score (nSPS) is 23.8. The predicted molar refractivity (Wildman–Crippen MR) is 86.5 cm³/mol. The van der Waals surface area contributed by atoms with Crippen LogP contribution < -0.4 is 10.5 Å². The molecule has 0 aromatic heterocycles. The molecule has 3 nitrogen and oxygen atoms in total. The number of hydrogen-bond donors (Lipinski definition) is 1. The molecule has 0 heterocycles. The van der Waals surface area contributed by atoms with E-state index in [1.54, 1.807) is 0 Å². The van der Waals surface area contributed by atoms with E-state index in [-0.39, 0.29) is 6.04 Å². The van der Waals surface area contributed by atoms with Crippen LogP contribution in [0, 0.1) is 5.92 Å². The van der Waals surface area contributed by atoms with Crippen molar-refractivity contribution in [2.75, 3.05) is 13.2 Å². The lowest BCUT2D eigenvalue weighted by molar-refractivity contribution is -0.0180. The topological polar surface area (TPSA) is 44.5 Å². The highest BCUT2D eigenvalue weighted by Crippen LogP contribution is 2.29. The Hall–Kier alpha value is -1.06. The molecule has 2 N–H and O–H groups in total. The molecule has 1 aromatic carbocycles. The number of hydrogen-bond acceptors (Lipinski definition) is 3. The second-order valence-corrected chi connectivity index (χ2v) is 5.93. The molecule has 2 rings (SSSR count). The lowest BCUT2D eigenvalue weighted by Gasteiger charge is -2.31. The first kappa shape index (κ1) is 16.3. The molecule has 0 radical (unpaired) electrons. The lowest BCUT2D eigenvalue weighted by Crippen LogP contribution is -2.30. The SMILES string of the molecule is CCOc1ccc(C(N)COC2CCCCC2CC)cc1. The molecule has 3 heteroatoms. The van der Waals surface area contributed by atoms with Crippen LogP contribution in [-0.2, 0) is 4.74 Å². The van der Waals surface area contributed by atoms with Crippen molar-refractivity contribution in [3.63, 3.8) is 0 Å². The van der Waals surface area contributed by atoms with E-state index in [0.717, 1.165) is 11.3 Å². The maximum atomic E-state index is 6.26. The van der Waals surface area contributed by atoms with Gasteiger partial charge in [0.15, 0.2) is 0 Å². The maximum absolute atomic E-state index is 6.26. The van der Waals surface area contributed by atoms with Gasteiger partial charge in [0.2, 0.25) is 0 Å². The zero-order valence-electron chi connectivity index (χ0n) is 13.4. The molecule has 0 spiro atoms. The van der Waals surface area contributed by atoms with Gasteiger partial charge in [-0.15, -0.1) is 0 Å². The minimum atomic E-state index is -0.0555. The van der Waals surface area contributed by atoms with Gasteiger partial charge in [0.05, 0.1) is 25.4 Å². The van der Waals surface area contributed by atoms with Crippen molar-refractivity contribution in [3.8, 4) is 5.75 Å². The molecule has 1 aliphatic rings. The van der Waals surface area contributed by atoms with Gasteiger partial charge in [-0.05, 0) is 43.4 Å². The van der Waals surface area contributed by atoms with Gasteiger partial charge in [0, 0.05) is 0 Å². The average molecular weight is 291 g/mol. The second kappa shape index (κ2) is 8.40. The Balaban J connectivity index is 1.84. The van der Waals surface area contributed by atoms with Crippen LogP contribution >= 0.6 is 0 Å². The van der Waals surface area contributed by atoms with Crippen molar-refractivity contribution in [1.29, 1.82) is 0 Å². The molecule has 3 atom stereocenters. The van der Waals surface area contributed by atoms with Crippen molar-refractivity contribution < 1.29 is 9.47 Å². The molecule has 0 bridgehead atoms. The fourth-order valence-corrected chi connectivity index (χ4v) is 3.16. The van der Waals surface area contributed by atoms with Crippen LogP contribution in [0.4, 0.5) is 0 Å². The standard InChI is InChI=1S/C18H29NO2/c1-3-14-7-5-6-8-18(14)21-13-17(19)15-9-11-16(12-10-15)20-4-2/h9-12,14,17-18H,3-8,13,19H2,1-2H3. The van der Waals surface area contributed by atoms with E-state index < -0.39 is 0 Å². The Morgan fingerprint density at radius 3 is 2.52 bits per heavy atom. The van der Waals surface area contributed by atoms with Gasteiger partial charge in [0.1, 0.15) is 5.75 Å². The van der Waals surface area contributed by atoms with Crippen LogP contribution in [0.25, 0.3) is 0 Å². The van der Waals surface area contributed by atoms with Crippen molar-refractivity contribution >= 4 is 0 Å². The van der Waals surface area contributed by atoms with Crippen molar-refractivity contribution in [3.05, 3.63) is 29.8 Å². The third-order valence-corrected chi connectivity index (χ3v) is 4.47. The van der Waals surface area contributed by atoms with Crippen LogP contribution in [0.15, 0.2) is 24.3 Å². The number of rotatable bonds is 7. The molecule has 21 heavy (non-hydrogen) atoms. The molecular formula is C18H29NO2. The van der Waals surface area contributed by atoms with Crippen LogP contribution in [0.3, 0.4) is 0 Å². The third-order valence-electron chi connectivity index (χ3n) is 4.47. The van der Waals surface area contributed by atoms with Crippen LogP contribution in [-0.4, -0.2) is 19.3 Å². The number of benzene rings is 1. The van der Waals surface area contributed by atoms with Crippen LogP contribution in [0.5, 0.6) is 5.75 Å². The summed E-state index contributed by atoms with van der Waals surface area (Å²) < 4.78 is 11.6. The zero-order valence-corrected chi connectivity index (χ0v) is 13.4. The monoisotopic (exact) mass is 291 g/mol. The summed E-state index contributed by atoms with van der Waals surface area (Å²) in [5.41, 5.74) is 7.37. The van der Waals surface area contributed by atoms with E-state index in [0.29, 0.717) is 25.2 Å². The molecule has 1 saturated carbocycles. The van der Waals surface area contributed by atoms with Crippen molar-refractivity contribution in [2.45, 2.75) is 58.1 Å². The summed E-state index contributed by atoms with van der Waals surface area (Å²) in [6.45, 7) is 5.55. The summed E-state index contributed by atoms with van der Waals surface area (Å²) in [5, 5.41) is 0. The molecule has 118 valence electrons. The fraction of sp³-hybridized carbons (Fsp3) is 0.667. The van der Waals surface area contributed by atoms with Gasteiger partial charge in [0.25, 0.3) is 0 Å². The molecule has 1 fully saturated rings. The minimum absolute atomic E-state index is 0.0555. The smallest absolute Gasteiger partial charge is 0.119 e. The zero-order chi connectivity index (χ0) is 15.1. The van der Waals surface area contributed by atoms with Crippen molar-refractivity contribution in [1.82, 2.24) is 0 Å². The minimum Gasteiger partial charge on any atom is -0.494 e. The average Bonchev–Trinajstić information content (AvgIpc) is 2.54. The Morgan fingerprint density at radius 2 is 1.86 bits per heavy atom. The van der Waals surface area contributed by atoms with Gasteiger partial charge < -0.3 is 15.2 Å². The Labute approximate surface area is 128 Å². The summed E-state index contributed by atoms with van der Waals surface area (Å²) in [5.74, 6) is 1.61. The van der Waals surface area contributed by atoms with Crippen molar-refractivity contribution in [2.24, 2.45) is 11.7 Å². The first-order chi connectivity index (χ1) is 10.2. The summed E-state index contributed by atoms with van der Waals surface area (Å²) in [6.07, 6.45) is 6.75. The van der Waals surface area contributed by atoms with E-state index in [1.165, 1.54) is 32.1 Å². The second-order valence-electron chi connectivity index (χ2n) is 5.93. The Bertz CT molecular complexity index is 404. The molecule has 0 saturated heterocycles. The summed E-state index contributed by atoms with van der Waals surface area (Å²) >= 11 is 0. The fourth-order valence-electron chi connectivity index (χ4n) is 3.16. The van der Waals surface area contributed by atoms with E-state index >= 15 is 0 Å². The Kier molecular flexibility index (Phi) is 6.52. The van der Waals surface area contributed by atoms with Crippen LogP contribution in [0.2, 0.25) is 0 Å². The summed E-state index contributed by atoms with van der Waals surface area (Å²) in [6, 6.07) is 7.98. The first-order valence-corrected chi connectivity index (χ1v) is 8.34. The Morgan fingerprint density at radius 1 is 1.14 bits per heavy atom. The van der Waals surface area contributed by atoms with Gasteiger partial charge in [-0.25, -0.2) is 0 Å². The quantitative estimate of drug-likeness (QED) is 0.823. The van der Waals surface area contributed by atoms with E-state index in [1.807, 2.05) is 31.2 Å². The lowest BCUT2D eigenvalue weighted by atomic mass is 9.85. The molecule has 3 unspecified atom stereocenters. The maximum Gasteiger partial charge on any atom is 0.119 e. The first-order valence-electron chi connectivity index (χ1n) is 8.34. The van der Waals surface area contributed by atoms with Gasteiger partial charge >= 0.3 is 0 Å². The summed E-state index contributed by atoms with van der Waals surface area (Å²) in [7, 11) is 0. The molecule has 0 amide bonds. The van der Waals surface area contributed by atoms with Gasteiger partial charge in [-0.3, -0.25) is 0 Å². The van der Waals surface area contributed by atoms with Gasteiger partial charge in [-0.2, -0.15) is 0 Å². The molecule has 1 aromatic rings. The van der Waals surface area contributed by atoms with E-state index in [4.69, 9.17) is 15.2 Å². The third kappa shape index (κ3) is 4.72. The highest BCUT2D eigenvalue weighted by molar-refractivity contribution is 5.29. The highest BCUT2D eigenvalue weighted by atomic mass is 16.5. The predicted octanol–water partition coefficient (Wildman–Crippen LogP) is 4.07. The van der Waals surface area contributed by atoms with E-state index in [9.17, 15) is 0 Å².